The third-order valence-electron chi connectivity index (χ3n) is 3.45. The first-order valence-electron chi connectivity index (χ1n) is 7.91. The zero-order chi connectivity index (χ0) is 19.0. The van der Waals surface area contributed by atoms with E-state index < -0.39 is 18.2 Å². The predicted octanol–water partition coefficient (Wildman–Crippen LogP) is 3.38. The number of nitrogens with one attached hydrogen (secondary N) is 1. The van der Waals surface area contributed by atoms with Crippen LogP contribution in [0.2, 0.25) is 0 Å². The summed E-state index contributed by atoms with van der Waals surface area (Å²) in [5.41, 5.74) is 0.682. The van der Waals surface area contributed by atoms with Gasteiger partial charge in [-0.25, -0.2) is 0 Å². The lowest BCUT2D eigenvalue weighted by molar-refractivity contribution is -0.274. The number of amides is 1. The molecule has 140 valence electrons. The minimum absolute atomic E-state index is 0.0602. The van der Waals surface area contributed by atoms with Crippen LogP contribution < -0.4 is 10.1 Å². The first kappa shape index (κ1) is 20.8. The van der Waals surface area contributed by atoms with Crippen molar-refractivity contribution < 1.29 is 32.6 Å². The number of benzene rings is 1. The maximum absolute atomic E-state index is 12.1. The molecule has 0 aliphatic carbocycles. The lowest BCUT2D eigenvalue weighted by Gasteiger charge is -2.15. The van der Waals surface area contributed by atoms with Crippen molar-refractivity contribution in [3.63, 3.8) is 0 Å². The van der Waals surface area contributed by atoms with Crippen LogP contribution in [0.4, 0.5) is 13.2 Å². The van der Waals surface area contributed by atoms with Crippen molar-refractivity contribution in [3.05, 3.63) is 29.8 Å². The number of alkyl halides is 3. The van der Waals surface area contributed by atoms with E-state index in [1.165, 1.54) is 24.3 Å². The second-order valence-electron chi connectivity index (χ2n) is 6.16. The summed E-state index contributed by atoms with van der Waals surface area (Å²) >= 11 is 0. The summed E-state index contributed by atoms with van der Waals surface area (Å²) in [4.78, 5) is 22.9. The Morgan fingerprint density at radius 2 is 1.80 bits per heavy atom. The Morgan fingerprint density at radius 3 is 2.28 bits per heavy atom. The van der Waals surface area contributed by atoms with Crippen LogP contribution >= 0.6 is 0 Å². The van der Waals surface area contributed by atoms with Crippen LogP contribution in [0.5, 0.6) is 5.75 Å². The van der Waals surface area contributed by atoms with Gasteiger partial charge in [-0.2, -0.15) is 0 Å². The minimum atomic E-state index is -4.74. The summed E-state index contributed by atoms with van der Waals surface area (Å²) in [7, 11) is 0. The molecule has 0 spiro atoms. The lowest BCUT2D eigenvalue weighted by Crippen LogP contribution is -2.33. The van der Waals surface area contributed by atoms with E-state index >= 15 is 0 Å². The second kappa shape index (κ2) is 9.29. The highest BCUT2D eigenvalue weighted by Crippen LogP contribution is 2.23. The van der Waals surface area contributed by atoms with Crippen LogP contribution in [0.25, 0.3) is 0 Å². The Morgan fingerprint density at radius 1 is 1.20 bits per heavy atom. The van der Waals surface area contributed by atoms with Crippen molar-refractivity contribution in [2.24, 2.45) is 11.8 Å². The zero-order valence-electron chi connectivity index (χ0n) is 14.1. The Hall–Kier alpha value is -2.25. The van der Waals surface area contributed by atoms with Crippen LogP contribution in [0.3, 0.4) is 0 Å². The van der Waals surface area contributed by atoms with Gasteiger partial charge in [0.2, 0.25) is 5.91 Å². The molecule has 5 nitrogen and oxygen atoms in total. The van der Waals surface area contributed by atoms with Gasteiger partial charge in [-0.3, -0.25) is 9.59 Å². The molecule has 0 aliphatic rings. The molecule has 0 heterocycles. The molecule has 0 fully saturated rings. The number of ether oxygens (including phenoxy) is 1. The number of aliphatic carboxylic acids is 1. The molecule has 0 bridgehead atoms. The topological polar surface area (TPSA) is 75.6 Å². The first-order chi connectivity index (χ1) is 11.6. The summed E-state index contributed by atoms with van der Waals surface area (Å²) < 4.78 is 40.0. The van der Waals surface area contributed by atoms with E-state index in [0.717, 1.165) is 0 Å². The third kappa shape index (κ3) is 8.97. The number of aryl methyl sites for hydroxylation is 1. The fraction of sp³-hybridized carbons (Fsp3) is 0.529. The van der Waals surface area contributed by atoms with Gasteiger partial charge in [-0.05, 0) is 36.5 Å². The molecule has 1 rings (SSSR count). The molecule has 0 radical (unpaired) electrons. The van der Waals surface area contributed by atoms with E-state index in [2.05, 4.69) is 10.1 Å². The van der Waals surface area contributed by atoms with Gasteiger partial charge in [0.25, 0.3) is 0 Å². The molecule has 1 unspecified atom stereocenters. The van der Waals surface area contributed by atoms with Crippen LogP contribution in [0, 0.1) is 11.8 Å². The fourth-order valence-electron chi connectivity index (χ4n) is 2.28. The van der Waals surface area contributed by atoms with E-state index in [9.17, 15) is 22.8 Å². The highest BCUT2D eigenvalue weighted by atomic mass is 19.4. The Bertz CT molecular complexity index is 570. The van der Waals surface area contributed by atoms with Crippen LogP contribution in [0.1, 0.15) is 32.3 Å². The van der Waals surface area contributed by atoms with Crippen LogP contribution in [-0.4, -0.2) is 29.9 Å². The van der Waals surface area contributed by atoms with E-state index in [1.54, 1.807) is 0 Å². The highest BCUT2D eigenvalue weighted by molar-refractivity contribution is 5.77. The highest BCUT2D eigenvalue weighted by Gasteiger charge is 2.30. The molecule has 0 aromatic heterocycles. The van der Waals surface area contributed by atoms with Crippen molar-refractivity contribution in [1.82, 2.24) is 5.32 Å². The van der Waals surface area contributed by atoms with Gasteiger partial charge in [0.1, 0.15) is 5.75 Å². The number of halogens is 3. The van der Waals surface area contributed by atoms with E-state index in [1.807, 2.05) is 13.8 Å². The molecule has 1 aromatic rings. The average molecular weight is 361 g/mol. The molecule has 0 saturated carbocycles. The van der Waals surface area contributed by atoms with Crippen molar-refractivity contribution in [2.45, 2.75) is 39.5 Å². The Balaban J connectivity index is 2.42. The van der Waals surface area contributed by atoms with Gasteiger partial charge in [0, 0.05) is 13.0 Å². The van der Waals surface area contributed by atoms with Gasteiger partial charge < -0.3 is 15.2 Å². The fourth-order valence-corrected chi connectivity index (χ4v) is 2.28. The number of hydrogen-bond acceptors (Lipinski definition) is 3. The standard InChI is InChI=1S/C17H22F3NO4/c1-11(2)9-13(16(23)24)10-21-15(22)8-5-12-3-6-14(7-4-12)25-17(18,19)20/h3-4,6-7,11,13H,5,8-10H2,1-2H3,(H,21,22)(H,23,24). The summed E-state index contributed by atoms with van der Waals surface area (Å²) in [5, 5.41) is 11.7. The number of carboxylic acid groups (broad SMARTS) is 1. The lowest BCUT2D eigenvalue weighted by atomic mass is 9.97. The summed E-state index contributed by atoms with van der Waals surface area (Å²) in [6.45, 7) is 3.87. The average Bonchev–Trinajstić information content (AvgIpc) is 2.48. The molecular formula is C17H22F3NO4. The molecule has 1 aromatic carbocycles. The summed E-state index contributed by atoms with van der Waals surface area (Å²) in [6.07, 6.45) is -3.82. The Labute approximate surface area is 144 Å². The van der Waals surface area contributed by atoms with Crippen molar-refractivity contribution in [3.8, 4) is 5.75 Å². The molecule has 1 amide bonds. The second-order valence-corrected chi connectivity index (χ2v) is 6.16. The molecule has 25 heavy (non-hydrogen) atoms. The predicted molar refractivity (Wildman–Crippen MR) is 85.0 cm³/mol. The number of carboxylic acids is 1. The minimum Gasteiger partial charge on any atom is -0.481 e. The van der Waals surface area contributed by atoms with Crippen LogP contribution in [-0.2, 0) is 16.0 Å². The maximum atomic E-state index is 12.1. The summed E-state index contributed by atoms with van der Waals surface area (Å²) in [5.74, 6) is -2.00. The number of carbonyl (C=O) groups excluding carboxylic acids is 1. The van der Waals surface area contributed by atoms with Crippen molar-refractivity contribution in [1.29, 1.82) is 0 Å². The van der Waals surface area contributed by atoms with Gasteiger partial charge in [0.05, 0.1) is 5.92 Å². The first-order valence-corrected chi connectivity index (χ1v) is 7.91. The molecular weight excluding hydrogens is 339 g/mol. The molecule has 2 N–H and O–H groups in total. The summed E-state index contributed by atoms with van der Waals surface area (Å²) in [6, 6.07) is 5.27. The number of hydrogen-bond donors (Lipinski definition) is 2. The molecule has 8 heteroatoms. The SMILES string of the molecule is CC(C)CC(CNC(=O)CCc1ccc(OC(F)(F)F)cc1)C(=O)O. The van der Waals surface area contributed by atoms with E-state index in [-0.39, 0.29) is 30.5 Å². The molecule has 0 saturated heterocycles. The monoisotopic (exact) mass is 361 g/mol. The van der Waals surface area contributed by atoms with Gasteiger partial charge >= 0.3 is 12.3 Å². The number of carbonyl (C=O) groups is 2. The van der Waals surface area contributed by atoms with E-state index in [0.29, 0.717) is 18.4 Å². The maximum Gasteiger partial charge on any atom is 0.573 e. The molecule has 1 atom stereocenters. The quantitative estimate of drug-likeness (QED) is 0.707. The Kier molecular flexibility index (Phi) is 7.73. The third-order valence-corrected chi connectivity index (χ3v) is 3.45. The number of rotatable bonds is 9. The smallest absolute Gasteiger partial charge is 0.481 e. The van der Waals surface area contributed by atoms with E-state index in [4.69, 9.17) is 5.11 Å². The van der Waals surface area contributed by atoms with Crippen molar-refractivity contribution in [2.75, 3.05) is 6.54 Å². The molecule has 0 aliphatic heterocycles. The van der Waals surface area contributed by atoms with Gasteiger partial charge in [0.15, 0.2) is 0 Å². The van der Waals surface area contributed by atoms with Crippen LogP contribution in [0.15, 0.2) is 24.3 Å². The zero-order valence-corrected chi connectivity index (χ0v) is 14.1. The largest absolute Gasteiger partial charge is 0.573 e. The van der Waals surface area contributed by atoms with Gasteiger partial charge in [-0.15, -0.1) is 13.2 Å². The van der Waals surface area contributed by atoms with Gasteiger partial charge in [-0.1, -0.05) is 26.0 Å². The normalized spacial score (nSPS) is 12.7. The van der Waals surface area contributed by atoms with Crippen molar-refractivity contribution >= 4 is 11.9 Å².